The highest BCUT2D eigenvalue weighted by molar-refractivity contribution is 5.90. The summed E-state index contributed by atoms with van der Waals surface area (Å²) in [6, 6.07) is 3.52. The van der Waals surface area contributed by atoms with Crippen molar-refractivity contribution in [2.24, 2.45) is 0 Å². The van der Waals surface area contributed by atoms with E-state index in [2.05, 4.69) is 9.88 Å². The predicted molar refractivity (Wildman–Crippen MR) is 84.0 cm³/mol. The number of aliphatic hydroxyl groups is 1. The smallest absolute Gasteiger partial charge is 0.338 e. The number of rotatable bonds is 3. The van der Waals surface area contributed by atoms with Gasteiger partial charge in [0.2, 0.25) is 0 Å². The average molecular weight is 304 g/mol. The molecule has 2 fully saturated rings. The molecule has 0 atom stereocenters. The van der Waals surface area contributed by atoms with E-state index in [0.717, 1.165) is 57.4 Å². The summed E-state index contributed by atoms with van der Waals surface area (Å²) < 4.78 is 5.61. The third-order valence-electron chi connectivity index (χ3n) is 4.60. The number of aliphatic hydroxyl groups excluding tert-OH is 1. The molecule has 0 amide bonds. The summed E-state index contributed by atoms with van der Waals surface area (Å²) in [6.07, 6.45) is 8.52. The zero-order valence-corrected chi connectivity index (χ0v) is 12.9. The van der Waals surface area contributed by atoms with Gasteiger partial charge in [-0.1, -0.05) is 6.42 Å². The zero-order chi connectivity index (χ0) is 15.4. The fourth-order valence-electron chi connectivity index (χ4n) is 3.22. The van der Waals surface area contributed by atoms with Gasteiger partial charge in [0, 0.05) is 19.3 Å². The maximum Gasteiger partial charge on any atom is 0.338 e. The van der Waals surface area contributed by atoms with Gasteiger partial charge in [-0.2, -0.15) is 0 Å². The van der Waals surface area contributed by atoms with Crippen LogP contribution in [0, 0.1) is 0 Å². The summed E-state index contributed by atoms with van der Waals surface area (Å²) in [5, 5.41) is 9.58. The minimum absolute atomic E-state index is 0.0722. The second-order valence-electron chi connectivity index (χ2n) is 6.29. The first kappa shape index (κ1) is 15.3. The van der Waals surface area contributed by atoms with Crippen LogP contribution in [0.5, 0.6) is 0 Å². The largest absolute Gasteiger partial charge is 0.459 e. The van der Waals surface area contributed by atoms with Crippen LogP contribution in [0.25, 0.3) is 0 Å². The van der Waals surface area contributed by atoms with Gasteiger partial charge < -0.3 is 14.7 Å². The molecule has 1 aliphatic heterocycles. The standard InChI is InChI=1S/C17H24N2O3/c20-14-7-10-19(11-8-14)16-12-13(6-9-18-16)17(21)22-15-4-2-1-3-5-15/h6,9,12,14-15,20H,1-5,7-8,10-11H2. The first-order chi connectivity index (χ1) is 10.7. The molecular weight excluding hydrogens is 280 g/mol. The second kappa shape index (κ2) is 7.09. The molecule has 1 saturated carbocycles. The second-order valence-corrected chi connectivity index (χ2v) is 6.29. The molecule has 22 heavy (non-hydrogen) atoms. The maximum absolute atomic E-state index is 12.3. The van der Waals surface area contributed by atoms with E-state index in [9.17, 15) is 9.90 Å². The molecule has 1 aromatic heterocycles. The Morgan fingerprint density at radius 2 is 1.91 bits per heavy atom. The summed E-state index contributed by atoms with van der Waals surface area (Å²) in [4.78, 5) is 18.8. The van der Waals surface area contributed by atoms with E-state index >= 15 is 0 Å². The molecule has 5 nitrogen and oxygen atoms in total. The van der Waals surface area contributed by atoms with Crippen molar-refractivity contribution >= 4 is 11.8 Å². The summed E-state index contributed by atoms with van der Waals surface area (Å²) in [7, 11) is 0. The molecule has 1 aromatic rings. The fraction of sp³-hybridized carbons (Fsp3) is 0.647. The number of esters is 1. The van der Waals surface area contributed by atoms with Crippen LogP contribution in [0.4, 0.5) is 5.82 Å². The van der Waals surface area contributed by atoms with Crippen LogP contribution in [0.2, 0.25) is 0 Å². The molecule has 3 rings (SSSR count). The third-order valence-corrected chi connectivity index (χ3v) is 4.60. The summed E-state index contributed by atoms with van der Waals surface area (Å²) >= 11 is 0. The lowest BCUT2D eigenvalue weighted by atomic mass is 9.98. The molecule has 0 radical (unpaired) electrons. The Bertz CT molecular complexity index is 506. The van der Waals surface area contributed by atoms with Crippen molar-refractivity contribution in [3.63, 3.8) is 0 Å². The lowest BCUT2D eigenvalue weighted by molar-refractivity contribution is 0.0211. The summed E-state index contributed by atoms with van der Waals surface area (Å²) in [6.45, 7) is 1.55. The normalized spacial score (nSPS) is 20.9. The van der Waals surface area contributed by atoms with E-state index in [4.69, 9.17) is 4.74 Å². The van der Waals surface area contributed by atoms with Crippen molar-refractivity contribution in [3.05, 3.63) is 23.9 Å². The molecule has 1 saturated heterocycles. The van der Waals surface area contributed by atoms with Crippen LogP contribution >= 0.6 is 0 Å². The number of carbonyl (C=O) groups excluding carboxylic acids is 1. The zero-order valence-electron chi connectivity index (χ0n) is 12.9. The van der Waals surface area contributed by atoms with Crippen molar-refractivity contribution in [1.29, 1.82) is 0 Å². The number of piperidine rings is 1. The van der Waals surface area contributed by atoms with Gasteiger partial charge in [0.1, 0.15) is 11.9 Å². The van der Waals surface area contributed by atoms with Gasteiger partial charge >= 0.3 is 5.97 Å². The minimum atomic E-state index is -0.243. The number of pyridine rings is 1. The quantitative estimate of drug-likeness (QED) is 0.869. The lowest BCUT2D eigenvalue weighted by Crippen LogP contribution is -2.36. The van der Waals surface area contributed by atoms with Crippen LogP contribution in [-0.4, -0.2) is 41.4 Å². The SMILES string of the molecule is O=C(OC1CCCCC1)c1ccnc(N2CCC(O)CC2)c1. The number of aromatic nitrogens is 1. The molecule has 0 aromatic carbocycles. The third kappa shape index (κ3) is 3.77. The number of carbonyl (C=O) groups is 1. The van der Waals surface area contributed by atoms with Crippen molar-refractivity contribution in [1.82, 2.24) is 4.98 Å². The Hall–Kier alpha value is -1.62. The van der Waals surface area contributed by atoms with Crippen LogP contribution in [0.3, 0.4) is 0 Å². The topological polar surface area (TPSA) is 62.7 Å². The van der Waals surface area contributed by atoms with Gasteiger partial charge in [0.25, 0.3) is 0 Å². The van der Waals surface area contributed by atoms with Crippen LogP contribution < -0.4 is 4.90 Å². The highest BCUT2D eigenvalue weighted by atomic mass is 16.5. The van der Waals surface area contributed by atoms with E-state index in [1.807, 2.05) is 6.07 Å². The molecule has 0 spiro atoms. The van der Waals surface area contributed by atoms with Crippen molar-refractivity contribution in [2.75, 3.05) is 18.0 Å². The monoisotopic (exact) mass is 304 g/mol. The lowest BCUT2D eigenvalue weighted by Gasteiger charge is -2.30. The number of anilines is 1. The molecular formula is C17H24N2O3. The number of hydrogen-bond donors (Lipinski definition) is 1. The molecule has 5 heteroatoms. The molecule has 1 aliphatic carbocycles. The van der Waals surface area contributed by atoms with Crippen LogP contribution in [0.15, 0.2) is 18.3 Å². The van der Waals surface area contributed by atoms with Crippen LogP contribution in [0.1, 0.15) is 55.3 Å². The van der Waals surface area contributed by atoms with E-state index in [1.54, 1.807) is 12.3 Å². The van der Waals surface area contributed by atoms with Gasteiger partial charge in [-0.15, -0.1) is 0 Å². The Balaban J connectivity index is 1.63. The fourth-order valence-corrected chi connectivity index (χ4v) is 3.22. The predicted octanol–water partition coefficient (Wildman–Crippen LogP) is 2.53. The number of ether oxygens (including phenoxy) is 1. The van der Waals surface area contributed by atoms with E-state index in [0.29, 0.717) is 5.56 Å². The first-order valence-corrected chi connectivity index (χ1v) is 8.32. The average Bonchev–Trinajstić information content (AvgIpc) is 2.56. The Morgan fingerprint density at radius 1 is 1.18 bits per heavy atom. The van der Waals surface area contributed by atoms with Gasteiger partial charge in [0.15, 0.2) is 0 Å². The summed E-state index contributed by atoms with van der Waals surface area (Å²) in [5.74, 6) is 0.553. The van der Waals surface area contributed by atoms with Crippen LogP contribution in [-0.2, 0) is 4.74 Å². The van der Waals surface area contributed by atoms with Crippen molar-refractivity contribution in [3.8, 4) is 0 Å². The molecule has 0 bridgehead atoms. The molecule has 2 heterocycles. The first-order valence-electron chi connectivity index (χ1n) is 8.32. The maximum atomic E-state index is 12.3. The highest BCUT2D eigenvalue weighted by Crippen LogP contribution is 2.23. The molecule has 2 aliphatic rings. The number of nitrogens with zero attached hydrogens (tertiary/aromatic N) is 2. The Morgan fingerprint density at radius 3 is 2.64 bits per heavy atom. The summed E-state index contributed by atoms with van der Waals surface area (Å²) in [5.41, 5.74) is 0.571. The van der Waals surface area contributed by atoms with Gasteiger partial charge in [0.05, 0.1) is 11.7 Å². The molecule has 0 unspecified atom stereocenters. The van der Waals surface area contributed by atoms with Gasteiger partial charge in [-0.3, -0.25) is 0 Å². The molecule has 120 valence electrons. The highest BCUT2D eigenvalue weighted by Gasteiger charge is 2.21. The van der Waals surface area contributed by atoms with E-state index in [1.165, 1.54) is 6.42 Å². The van der Waals surface area contributed by atoms with Crippen molar-refractivity contribution < 1.29 is 14.6 Å². The Labute approximate surface area is 131 Å². The van der Waals surface area contributed by atoms with E-state index in [-0.39, 0.29) is 18.2 Å². The molecule has 1 N–H and O–H groups in total. The van der Waals surface area contributed by atoms with E-state index < -0.39 is 0 Å². The van der Waals surface area contributed by atoms with Gasteiger partial charge in [-0.05, 0) is 50.7 Å². The Kier molecular flexibility index (Phi) is 4.93. The van der Waals surface area contributed by atoms with Gasteiger partial charge in [-0.25, -0.2) is 9.78 Å². The van der Waals surface area contributed by atoms with Crippen molar-refractivity contribution in [2.45, 2.75) is 57.2 Å². The minimum Gasteiger partial charge on any atom is -0.459 e. The number of hydrogen-bond acceptors (Lipinski definition) is 5.